The van der Waals surface area contributed by atoms with E-state index in [-0.39, 0.29) is 0 Å². The number of oxime groups is 1. The van der Waals surface area contributed by atoms with Crippen LogP contribution in [-0.2, 0) is 21.5 Å². The quantitative estimate of drug-likeness (QED) is 0.475. The highest BCUT2D eigenvalue weighted by Crippen LogP contribution is 2.57. The van der Waals surface area contributed by atoms with Gasteiger partial charge in [-0.2, -0.15) is 0 Å². The first kappa shape index (κ1) is 23.3. The van der Waals surface area contributed by atoms with E-state index >= 15 is 0 Å². The number of aliphatic carboxylic acids is 1. The van der Waals surface area contributed by atoms with Gasteiger partial charge in [0, 0.05) is 16.9 Å². The van der Waals surface area contributed by atoms with Gasteiger partial charge in [0.05, 0.1) is 12.0 Å². The van der Waals surface area contributed by atoms with E-state index in [1.54, 1.807) is 6.92 Å². The number of benzene rings is 2. The van der Waals surface area contributed by atoms with E-state index in [9.17, 15) is 15.0 Å². The molecule has 1 unspecified atom stereocenters. The monoisotopic (exact) mass is 451 g/mol. The summed E-state index contributed by atoms with van der Waals surface area (Å²) in [6.45, 7) is 4.41. The molecule has 4 atom stereocenters. The van der Waals surface area contributed by atoms with Crippen LogP contribution in [0.5, 0.6) is 5.75 Å². The number of carbonyl (C=O) groups is 1. The first-order valence-electron chi connectivity index (χ1n) is 11.7. The lowest BCUT2D eigenvalue weighted by Crippen LogP contribution is -2.60. The van der Waals surface area contributed by atoms with Crippen LogP contribution in [0.15, 0.2) is 53.7 Å². The van der Waals surface area contributed by atoms with Gasteiger partial charge >= 0.3 is 5.97 Å². The summed E-state index contributed by atoms with van der Waals surface area (Å²) >= 11 is 0. The molecule has 0 heterocycles. The maximum Gasteiger partial charge on any atom is 0.309 e. The highest BCUT2D eigenvalue weighted by molar-refractivity contribution is 6.07. The molecule has 2 aromatic carbocycles. The van der Waals surface area contributed by atoms with Crippen LogP contribution in [0.2, 0.25) is 0 Å². The second-order valence-electron chi connectivity index (χ2n) is 9.72. The molecule has 1 saturated carbocycles. The van der Waals surface area contributed by atoms with E-state index in [2.05, 4.69) is 24.2 Å². The van der Waals surface area contributed by atoms with Gasteiger partial charge in [-0.3, -0.25) is 4.79 Å². The van der Waals surface area contributed by atoms with Crippen molar-refractivity contribution in [3.63, 3.8) is 0 Å². The van der Waals surface area contributed by atoms with Crippen LogP contribution < -0.4 is 4.74 Å². The van der Waals surface area contributed by atoms with Crippen LogP contribution in [0.4, 0.5) is 0 Å². The molecule has 2 aromatic rings. The van der Waals surface area contributed by atoms with Crippen molar-refractivity contribution in [1.29, 1.82) is 0 Å². The zero-order valence-electron chi connectivity index (χ0n) is 19.6. The molecule has 0 bridgehead atoms. The van der Waals surface area contributed by atoms with Crippen LogP contribution >= 0.6 is 0 Å². The van der Waals surface area contributed by atoms with E-state index < -0.39 is 28.8 Å². The molecule has 6 nitrogen and oxygen atoms in total. The summed E-state index contributed by atoms with van der Waals surface area (Å²) in [6, 6.07) is 16.1. The van der Waals surface area contributed by atoms with E-state index in [0.717, 1.165) is 42.6 Å². The van der Waals surface area contributed by atoms with Crippen molar-refractivity contribution in [2.45, 2.75) is 57.5 Å². The molecule has 176 valence electrons. The molecular formula is C27H33NO5. The molecule has 0 aliphatic heterocycles. The van der Waals surface area contributed by atoms with Crippen molar-refractivity contribution >= 4 is 11.7 Å². The number of fused-ring (bicyclic) bond motifs is 3. The van der Waals surface area contributed by atoms with Gasteiger partial charge in [0.25, 0.3) is 0 Å². The molecule has 1 fully saturated rings. The lowest BCUT2D eigenvalue weighted by atomic mass is 9.48. The Morgan fingerprint density at radius 2 is 1.91 bits per heavy atom. The highest BCUT2D eigenvalue weighted by Gasteiger charge is 2.60. The van der Waals surface area contributed by atoms with Crippen LogP contribution in [0, 0.1) is 11.3 Å². The molecule has 6 heteroatoms. The zero-order chi connectivity index (χ0) is 23.6. The van der Waals surface area contributed by atoms with Crippen LogP contribution in [0.25, 0.3) is 0 Å². The molecule has 2 aliphatic rings. The second-order valence-corrected chi connectivity index (χ2v) is 9.72. The lowest BCUT2D eigenvalue weighted by molar-refractivity contribution is -0.160. The van der Waals surface area contributed by atoms with Gasteiger partial charge in [0.1, 0.15) is 24.7 Å². The molecule has 0 aromatic heterocycles. The third kappa shape index (κ3) is 4.12. The molecular weight excluding hydrogens is 418 g/mol. The van der Waals surface area contributed by atoms with Gasteiger partial charge in [-0.25, -0.2) is 0 Å². The number of ether oxygens (including phenoxy) is 1. The number of rotatable bonds is 7. The van der Waals surface area contributed by atoms with Crippen LogP contribution in [-0.4, -0.2) is 41.7 Å². The number of hydrogen-bond donors (Lipinski definition) is 2. The molecule has 2 aliphatic carbocycles. The first-order chi connectivity index (χ1) is 15.8. The normalized spacial score (nSPS) is 29.8. The standard InChI is InChI=1S/C27H33NO5/c1-26-14-8-15-27(2,25(30)31)24(26)23(29)22(28-32-3)20-13-12-19(17-21(20)26)33-16-7-11-18-9-5-4-6-10-18/h4-6,9-10,12-13,17,23-24,29H,7-8,11,14-16H2,1-3H3,(H,30,31)/b28-22-/t23?,24-,26-,27+/m1/s1. The third-order valence-electron chi connectivity index (χ3n) is 7.64. The minimum Gasteiger partial charge on any atom is -0.494 e. The number of carboxylic acids is 1. The predicted octanol–water partition coefficient (Wildman–Crippen LogP) is 4.57. The third-order valence-corrected chi connectivity index (χ3v) is 7.64. The van der Waals surface area contributed by atoms with Crippen LogP contribution in [0.3, 0.4) is 0 Å². The first-order valence-corrected chi connectivity index (χ1v) is 11.7. The Morgan fingerprint density at radius 3 is 2.61 bits per heavy atom. The maximum absolute atomic E-state index is 12.3. The summed E-state index contributed by atoms with van der Waals surface area (Å²) in [4.78, 5) is 17.4. The number of aliphatic hydroxyl groups excluding tert-OH is 1. The van der Waals surface area contributed by atoms with Crippen molar-refractivity contribution < 1.29 is 24.6 Å². The topological polar surface area (TPSA) is 88.4 Å². The van der Waals surface area contributed by atoms with E-state index in [1.165, 1.54) is 12.7 Å². The average Bonchev–Trinajstić information content (AvgIpc) is 2.80. The van der Waals surface area contributed by atoms with Gasteiger partial charge < -0.3 is 19.8 Å². The number of hydrogen-bond acceptors (Lipinski definition) is 5. The van der Waals surface area contributed by atoms with Crippen molar-refractivity contribution in [3.8, 4) is 5.75 Å². The van der Waals surface area contributed by atoms with Gasteiger partial charge in [-0.15, -0.1) is 0 Å². The summed E-state index contributed by atoms with van der Waals surface area (Å²) < 4.78 is 6.09. The molecule has 0 amide bonds. The maximum atomic E-state index is 12.3. The fourth-order valence-electron chi connectivity index (χ4n) is 6.01. The van der Waals surface area contributed by atoms with Crippen molar-refractivity contribution in [1.82, 2.24) is 0 Å². The Morgan fingerprint density at radius 1 is 1.15 bits per heavy atom. The summed E-state index contributed by atoms with van der Waals surface area (Å²) in [5, 5.41) is 25.6. The Bertz CT molecular complexity index is 1040. The number of nitrogens with zero attached hydrogens (tertiary/aromatic N) is 1. The van der Waals surface area contributed by atoms with Gasteiger partial charge in [-0.05, 0) is 61.9 Å². The number of aliphatic hydroxyl groups is 1. The summed E-state index contributed by atoms with van der Waals surface area (Å²) in [6.07, 6.45) is 2.90. The minimum absolute atomic E-state index is 0.389. The highest BCUT2D eigenvalue weighted by atomic mass is 16.6. The fraction of sp³-hybridized carbons (Fsp3) is 0.481. The Labute approximate surface area is 195 Å². The molecule has 0 radical (unpaired) electrons. The molecule has 0 spiro atoms. The van der Waals surface area contributed by atoms with Gasteiger partial charge in [0.15, 0.2) is 0 Å². The smallest absolute Gasteiger partial charge is 0.309 e. The number of carboxylic acid groups (broad SMARTS) is 1. The van der Waals surface area contributed by atoms with E-state index in [4.69, 9.17) is 9.57 Å². The van der Waals surface area contributed by atoms with Gasteiger partial charge in [-0.1, -0.05) is 48.8 Å². The molecule has 4 rings (SSSR count). The molecule has 2 N–H and O–H groups in total. The summed E-state index contributed by atoms with van der Waals surface area (Å²) in [7, 11) is 1.44. The van der Waals surface area contributed by atoms with Crippen molar-refractivity contribution in [3.05, 3.63) is 65.2 Å². The number of aryl methyl sites for hydroxylation is 1. The average molecular weight is 452 g/mol. The van der Waals surface area contributed by atoms with Crippen LogP contribution in [0.1, 0.15) is 56.2 Å². The van der Waals surface area contributed by atoms with Crippen molar-refractivity contribution in [2.75, 3.05) is 13.7 Å². The summed E-state index contributed by atoms with van der Waals surface area (Å²) in [5.74, 6) is -0.658. The molecule has 33 heavy (non-hydrogen) atoms. The Balaban J connectivity index is 1.64. The summed E-state index contributed by atoms with van der Waals surface area (Å²) in [5.41, 5.74) is 1.86. The lowest BCUT2D eigenvalue weighted by Gasteiger charge is -2.55. The Hall–Kier alpha value is -2.86. The zero-order valence-corrected chi connectivity index (χ0v) is 19.6. The largest absolute Gasteiger partial charge is 0.494 e. The second kappa shape index (κ2) is 9.18. The van der Waals surface area contributed by atoms with Gasteiger partial charge in [0.2, 0.25) is 0 Å². The molecule has 0 saturated heterocycles. The minimum atomic E-state index is -1.06. The predicted molar refractivity (Wildman–Crippen MR) is 127 cm³/mol. The van der Waals surface area contributed by atoms with Crippen molar-refractivity contribution in [2.24, 2.45) is 16.5 Å². The van der Waals surface area contributed by atoms with E-state index in [0.29, 0.717) is 18.7 Å². The SMILES string of the molecule is CO/N=C1/c2ccc(OCCCc3ccccc3)cc2[C@@]2(C)CCC[C@](C)(C(=O)O)[C@@H]2C1O. The van der Waals surface area contributed by atoms with E-state index in [1.807, 2.05) is 36.4 Å². The fourth-order valence-corrected chi connectivity index (χ4v) is 6.01. The Kier molecular flexibility index (Phi) is 6.48.